The molecule has 4 aromatic carbocycles. The lowest BCUT2D eigenvalue weighted by molar-refractivity contribution is 0.122. The number of aliphatic hydroxyl groups is 1. The molecule has 0 heterocycles. The van der Waals surface area contributed by atoms with Crippen LogP contribution in [-0.4, -0.2) is 5.11 Å². The third-order valence-corrected chi connectivity index (χ3v) is 6.06. The van der Waals surface area contributed by atoms with E-state index in [4.69, 9.17) is 0 Å². The lowest BCUT2D eigenvalue weighted by Crippen LogP contribution is -2.30. The van der Waals surface area contributed by atoms with E-state index in [0.717, 1.165) is 32.0 Å². The summed E-state index contributed by atoms with van der Waals surface area (Å²) in [4.78, 5) is 2.19. The summed E-state index contributed by atoms with van der Waals surface area (Å²) >= 11 is 1.68. The van der Waals surface area contributed by atoms with E-state index >= 15 is 0 Å². The Morgan fingerprint density at radius 3 is 1.82 bits per heavy atom. The summed E-state index contributed by atoms with van der Waals surface area (Å²) < 4.78 is 0. The molecule has 0 radical (unpaired) electrons. The molecule has 0 amide bonds. The van der Waals surface area contributed by atoms with Gasteiger partial charge in [0, 0.05) is 15.4 Å². The molecule has 0 aliphatic heterocycles. The molecule has 1 N–H and O–H groups in total. The molecule has 0 aliphatic carbocycles. The van der Waals surface area contributed by atoms with Gasteiger partial charge in [-0.05, 0) is 41.8 Å². The van der Waals surface area contributed by atoms with Crippen molar-refractivity contribution < 1.29 is 5.11 Å². The summed E-state index contributed by atoms with van der Waals surface area (Å²) in [5, 5.41) is 12.3. The van der Waals surface area contributed by atoms with Crippen molar-refractivity contribution in [3.05, 3.63) is 131 Å². The summed E-state index contributed by atoms with van der Waals surface area (Å²) in [6.45, 7) is 2.05. The number of aryl methyl sites for hydroxylation is 1. The minimum Gasteiger partial charge on any atom is -0.376 e. The Hall–Kier alpha value is -2.81. The van der Waals surface area contributed by atoms with Crippen LogP contribution in [0.4, 0.5) is 0 Å². The fourth-order valence-corrected chi connectivity index (χ4v) is 4.60. The van der Waals surface area contributed by atoms with Gasteiger partial charge in [0.05, 0.1) is 0 Å². The highest BCUT2D eigenvalue weighted by Crippen LogP contribution is 2.43. The minimum absolute atomic E-state index is 0.866. The first-order valence-corrected chi connectivity index (χ1v) is 10.2. The van der Waals surface area contributed by atoms with E-state index < -0.39 is 5.60 Å². The zero-order valence-corrected chi connectivity index (χ0v) is 16.6. The lowest BCUT2D eigenvalue weighted by atomic mass is 9.78. The van der Waals surface area contributed by atoms with E-state index in [0.29, 0.717) is 0 Å². The van der Waals surface area contributed by atoms with Gasteiger partial charge in [-0.15, -0.1) is 0 Å². The third kappa shape index (κ3) is 3.49. The summed E-state index contributed by atoms with van der Waals surface area (Å²) in [7, 11) is 0. The van der Waals surface area contributed by atoms with Crippen LogP contribution in [0.1, 0.15) is 22.3 Å². The van der Waals surface area contributed by atoms with E-state index in [-0.39, 0.29) is 0 Å². The highest BCUT2D eigenvalue weighted by Gasteiger charge is 2.36. The van der Waals surface area contributed by atoms with Gasteiger partial charge in [0.2, 0.25) is 0 Å². The zero-order chi connectivity index (χ0) is 19.4. The molecule has 0 fully saturated rings. The van der Waals surface area contributed by atoms with Crippen LogP contribution in [0.15, 0.2) is 119 Å². The molecule has 0 aliphatic rings. The zero-order valence-electron chi connectivity index (χ0n) is 15.7. The van der Waals surface area contributed by atoms with Gasteiger partial charge in [-0.25, -0.2) is 0 Å². The molecule has 1 atom stereocenters. The van der Waals surface area contributed by atoms with E-state index in [1.54, 1.807) is 11.8 Å². The first-order valence-electron chi connectivity index (χ1n) is 9.36. The Kier molecular flexibility index (Phi) is 5.34. The molecule has 4 rings (SSSR count). The maximum Gasteiger partial charge on any atom is 0.141 e. The largest absolute Gasteiger partial charge is 0.376 e. The van der Waals surface area contributed by atoms with Gasteiger partial charge in [0.25, 0.3) is 0 Å². The van der Waals surface area contributed by atoms with Gasteiger partial charge in [-0.3, -0.25) is 0 Å². The van der Waals surface area contributed by atoms with Crippen LogP contribution in [-0.2, 0) is 5.60 Å². The fourth-order valence-electron chi connectivity index (χ4n) is 3.58. The van der Waals surface area contributed by atoms with Crippen molar-refractivity contribution in [2.45, 2.75) is 22.3 Å². The van der Waals surface area contributed by atoms with Gasteiger partial charge < -0.3 is 5.11 Å². The topological polar surface area (TPSA) is 20.2 Å². The van der Waals surface area contributed by atoms with Crippen LogP contribution in [0.3, 0.4) is 0 Å². The SMILES string of the molecule is Cc1ccccc1C(O)(c1ccccc1)c1ccccc1Sc1ccccc1. The fraction of sp³-hybridized carbons (Fsp3) is 0.0769. The predicted octanol–water partition coefficient (Wildman–Crippen LogP) is 6.43. The quantitative estimate of drug-likeness (QED) is 0.401. The summed E-state index contributed by atoms with van der Waals surface area (Å²) in [5.41, 5.74) is 2.50. The van der Waals surface area contributed by atoms with Crippen molar-refractivity contribution in [3.63, 3.8) is 0 Å². The number of benzene rings is 4. The number of hydrogen-bond acceptors (Lipinski definition) is 2. The normalized spacial score (nSPS) is 13.1. The van der Waals surface area contributed by atoms with Gasteiger partial charge in [-0.1, -0.05) is 103 Å². The molecule has 138 valence electrons. The lowest BCUT2D eigenvalue weighted by Gasteiger charge is -2.33. The highest BCUT2D eigenvalue weighted by atomic mass is 32.2. The average molecular weight is 383 g/mol. The minimum atomic E-state index is -1.23. The van der Waals surface area contributed by atoms with Gasteiger partial charge in [0.15, 0.2) is 0 Å². The average Bonchev–Trinajstić information content (AvgIpc) is 2.75. The second kappa shape index (κ2) is 8.05. The number of rotatable bonds is 5. The molecule has 4 aromatic rings. The van der Waals surface area contributed by atoms with Crippen LogP contribution in [0.25, 0.3) is 0 Å². The van der Waals surface area contributed by atoms with Crippen molar-refractivity contribution in [2.24, 2.45) is 0 Å². The molecule has 2 heteroatoms. The molecule has 1 unspecified atom stereocenters. The Morgan fingerprint density at radius 1 is 0.607 bits per heavy atom. The van der Waals surface area contributed by atoms with Gasteiger partial charge >= 0.3 is 0 Å². The number of hydrogen-bond donors (Lipinski definition) is 1. The van der Waals surface area contributed by atoms with Crippen molar-refractivity contribution in [3.8, 4) is 0 Å². The van der Waals surface area contributed by atoms with Crippen LogP contribution in [0, 0.1) is 6.92 Å². The van der Waals surface area contributed by atoms with Crippen LogP contribution >= 0.6 is 11.8 Å². The van der Waals surface area contributed by atoms with E-state index in [1.807, 2.05) is 84.9 Å². The van der Waals surface area contributed by atoms with E-state index in [2.05, 4.69) is 31.2 Å². The molecule has 0 saturated heterocycles. The van der Waals surface area contributed by atoms with E-state index in [9.17, 15) is 5.11 Å². The maximum absolute atomic E-state index is 12.3. The smallest absolute Gasteiger partial charge is 0.141 e. The molecular formula is C26H22OS. The van der Waals surface area contributed by atoms with Crippen molar-refractivity contribution >= 4 is 11.8 Å². The van der Waals surface area contributed by atoms with Gasteiger partial charge in [0.1, 0.15) is 5.60 Å². The Morgan fingerprint density at radius 2 is 1.14 bits per heavy atom. The van der Waals surface area contributed by atoms with Crippen molar-refractivity contribution in [2.75, 3.05) is 0 Å². The van der Waals surface area contributed by atoms with E-state index in [1.165, 1.54) is 0 Å². The third-order valence-electron chi connectivity index (χ3n) is 4.97. The van der Waals surface area contributed by atoms with Gasteiger partial charge in [-0.2, -0.15) is 0 Å². The van der Waals surface area contributed by atoms with Crippen molar-refractivity contribution in [1.82, 2.24) is 0 Å². The van der Waals surface area contributed by atoms with Crippen LogP contribution in [0.2, 0.25) is 0 Å². The predicted molar refractivity (Wildman–Crippen MR) is 117 cm³/mol. The monoisotopic (exact) mass is 382 g/mol. The highest BCUT2D eigenvalue weighted by molar-refractivity contribution is 7.99. The molecule has 0 saturated carbocycles. The van der Waals surface area contributed by atoms with Crippen molar-refractivity contribution in [1.29, 1.82) is 0 Å². The molecule has 0 spiro atoms. The summed E-state index contributed by atoms with van der Waals surface area (Å²) in [6, 6.07) is 36.4. The van der Waals surface area contributed by atoms with Crippen LogP contribution < -0.4 is 0 Å². The second-order valence-electron chi connectivity index (χ2n) is 6.80. The summed E-state index contributed by atoms with van der Waals surface area (Å²) in [5.74, 6) is 0. The first-order chi connectivity index (χ1) is 13.7. The molecule has 1 nitrogen and oxygen atoms in total. The molecule has 28 heavy (non-hydrogen) atoms. The van der Waals surface area contributed by atoms with Crippen LogP contribution in [0.5, 0.6) is 0 Å². The Labute approximate surface area is 170 Å². The maximum atomic E-state index is 12.3. The second-order valence-corrected chi connectivity index (χ2v) is 7.92. The molecule has 0 aromatic heterocycles. The molecule has 0 bridgehead atoms. The standard InChI is InChI=1S/C26H22OS/c1-20-12-8-9-17-23(20)26(27,21-13-4-2-5-14-21)24-18-10-11-19-25(24)28-22-15-6-3-7-16-22/h2-19,27H,1H3. The Bertz CT molecular complexity index is 1060. The molecular weight excluding hydrogens is 360 g/mol. The summed E-state index contributed by atoms with van der Waals surface area (Å²) in [6.07, 6.45) is 0. The Balaban J connectivity index is 1.93. The first kappa shape index (κ1) is 18.5.